The van der Waals surface area contributed by atoms with Crippen molar-refractivity contribution in [3.8, 4) is 44.9 Å². The lowest BCUT2D eigenvalue weighted by Crippen LogP contribution is -2.25. The van der Waals surface area contributed by atoms with Crippen molar-refractivity contribution in [2.75, 3.05) is 10.7 Å². The second-order valence-electron chi connectivity index (χ2n) is 12.0. The van der Waals surface area contributed by atoms with Crippen LogP contribution in [0.25, 0.3) is 61.2 Å². The van der Waals surface area contributed by atoms with Crippen LogP contribution in [0.2, 0.25) is 0 Å². The largest absolute Gasteiger partial charge is 0.397 e. The summed E-state index contributed by atoms with van der Waals surface area (Å²) in [4.78, 5) is 9.98. The number of nitrogens with zero attached hydrogens (tertiary/aromatic N) is 3. The number of nitrogen functional groups attached to an aromatic ring is 1. The number of nitrogens with two attached hydrogens (primary N) is 2. The van der Waals surface area contributed by atoms with Gasteiger partial charge in [-0.15, -0.1) is 0 Å². The Labute approximate surface area is 293 Å². The zero-order chi connectivity index (χ0) is 34.5. The van der Waals surface area contributed by atoms with Gasteiger partial charge in [0.2, 0.25) is 0 Å². The summed E-state index contributed by atoms with van der Waals surface area (Å²) in [5.74, 6) is 7.08. The van der Waals surface area contributed by atoms with Gasteiger partial charge in [0.15, 0.2) is 5.82 Å². The highest BCUT2D eigenvalue weighted by Gasteiger charge is 2.12. The third-order valence-electron chi connectivity index (χ3n) is 8.73. The summed E-state index contributed by atoms with van der Waals surface area (Å²) < 4.78 is 0. The molecule has 7 aromatic rings. The Morgan fingerprint density at radius 3 is 1.86 bits per heavy atom. The Kier molecular flexibility index (Phi) is 9.14. The van der Waals surface area contributed by atoms with Gasteiger partial charge in [0, 0.05) is 11.1 Å². The van der Waals surface area contributed by atoms with E-state index in [1.54, 1.807) is 11.1 Å². The summed E-state index contributed by atoms with van der Waals surface area (Å²) in [5.41, 5.74) is 17.6. The van der Waals surface area contributed by atoms with E-state index in [1.807, 2.05) is 85.8 Å². The molecule has 6 aromatic carbocycles. The molecule has 7 rings (SSSR count). The first-order valence-electron chi connectivity index (χ1n) is 16.6. The van der Waals surface area contributed by atoms with Gasteiger partial charge >= 0.3 is 0 Å². The molecule has 0 atom stereocenters. The standard InChI is InChI=1S/C45H37N5/c1-3-10-34(11-4-2)42-30-43(35-12-6-5-7-13-35)49-45(48-42)36-20-16-31(17-21-36)37-22-18-33-19-23-38(29-39(33)28-37)32-24-26-40(27-25-32)50(47)44-15-9-8-14-41(44)46/h3-30H,1,46-47H2,2H3/b11-4-,34-10+. The zero-order valence-corrected chi connectivity index (χ0v) is 27.9. The average molecular weight is 648 g/mol. The Balaban J connectivity index is 1.18. The van der Waals surface area contributed by atoms with Crippen LogP contribution in [0.15, 0.2) is 176 Å². The van der Waals surface area contributed by atoms with Crippen LogP contribution in [0.5, 0.6) is 0 Å². The zero-order valence-electron chi connectivity index (χ0n) is 27.9. The molecule has 1 heterocycles. The number of anilines is 3. The molecular formula is C45H37N5. The number of benzene rings is 6. The Hall–Kier alpha value is -6.56. The van der Waals surface area contributed by atoms with Crippen molar-refractivity contribution in [1.29, 1.82) is 0 Å². The van der Waals surface area contributed by atoms with Crippen LogP contribution in [0.4, 0.5) is 17.1 Å². The number of rotatable bonds is 9. The second-order valence-corrected chi connectivity index (χ2v) is 12.0. The van der Waals surface area contributed by atoms with Crippen LogP contribution < -0.4 is 16.6 Å². The van der Waals surface area contributed by atoms with Gasteiger partial charge in [0.05, 0.1) is 28.5 Å². The maximum Gasteiger partial charge on any atom is 0.160 e. The molecule has 50 heavy (non-hydrogen) atoms. The summed E-state index contributed by atoms with van der Waals surface area (Å²) in [7, 11) is 0. The number of hydrogen-bond donors (Lipinski definition) is 2. The maximum absolute atomic E-state index is 6.40. The minimum Gasteiger partial charge on any atom is -0.397 e. The van der Waals surface area contributed by atoms with Crippen LogP contribution in [0, 0.1) is 0 Å². The minimum absolute atomic E-state index is 0.633. The quantitative estimate of drug-likeness (QED) is 0.0705. The second kappa shape index (κ2) is 14.3. The fourth-order valence-electron chi connectivity index (χ4n) is 6.09. The number of hydrazine groups is 1. The van der Waals surface area contributed by atoms with Gasteiger partial charge in [-0.2, -0.15) is 0 Å². The van der Waals surface area contributed by atoms with Crippen molar-refractivity contribution in [1.82, 2.24) is 9.97 Å². The number of hydrogen-bond acceptors (Lipinski definition) is 5. The molecule has 0 fully saturated rings. The van der Waals surface area contributed by atoms with Crippen molar-refractivity contribution < 1.29 is 0 Å². The third kappa shape index (κ3) is 6.72. The monoisotopic (exact) mass is 647 g/mol. The molecule has 0 saturated carbocycles. The average Bonchev–Trinajstić information content (AvgIpc) is 3.17. The van der Waals surface area contributed by atoms with E-state index in [9.17, 15) is 0 Å². The molecule has 242 valence electrons. The van der Waals surface area contributed by atoms with Crippen molar-refractivity contribution in [3.05, 3.63) is 182 Å². The lowest BCUT2D eigenvalue weighted by Gasteiger charge is -2.20. The van der Waals surface area contributed by atoms with Gasteiger partial charge in [-0.1, -0.05) is 134 Å². The van der Waals surface area contributed by atoms with E-state index < -0.39 is 0 Å². The lowest BCUT2D eigenvalue weighted by molar-refractivity contribution is 1.09. The third-order valence-corrected chi connectivity index (χ3v) is 8.73. The molecule has 0 radical (unpaired) electrons. The summed E-state index contributed by atoms with van der Waals surface area (Å²) in [6.07, 6.45) is 7.81. The van der Waals surface area contributed by atoms with Gasteiger partial charge in [0.25, 0.3) is 0 Å². The molecule has 0 saturated heterocycles. The molecule has 1 aromatic heterocycles. The summed E-state index contributed by atoms with van der Waals surface area (Å²) >= 11 is 0. The molecule has 4 N–H and O–H groups in total. The van der Waals surface area contributed by atoms with E-state index in [0.29, 0.717) is 11.5 Å². The molecule has 0 aliphatic rings. The predicted octanol–water partition coefficient (Wildman–Crippen LogP) is 11.0. The van der Waals surface area contributed by atoms with E-state index in [0.717, 1.165) is 61.7 Å². The summed E-state index contributed by atoms with van der Waals surface area (Å²) in [6, 6.07) is 49.7. The Morgan fingerprint density at radius 1 is 0.620 bits per heavy atom. The molecule has 0 bridgehead atoms. The number of aromatic nitrogens is 2. The van der Waals surface area contributed by atoms with E-state index in [1.165, 1.54) is 10.8 Å². The van der Waals surface area contributed by atoms with Gasteiger partial charge in [-0.05, 0) is 88.0 Å². The highest BCUT2D eigenvalue weighted by atomic mass is 15.4. The highest BCUT2D eigenvalue weighted by Crippen LogP contribution is 2.33. The number of allylic oxidation sites excluding steroid dienone is 5. The smallest absolute Gasteiger partial charge is 0.160 e. The topological polar surface area (TPSA) is 81.1 Å². The van der Waals surface area contributed by atoms with Gasteiger partial charge in [0.1, 0.15) is 0 Å². The Bertz CT molecular complexity index is 2360. The Morgan fingerprint density at radius 2 is 1.22 bits per heavy atom. The SMILES string of the molecule is C=C/C=C(\C=C/C)c1cc(-c2ccccc2)nc(-c2ccc(-c3ccc4ccc(-c5ccc(N(N)c6ccccc6N)cc5)cc4c3)cc2)n1. The molecule has 5 heteroatoms. The van der Waals surface area contributed by atoms with Gasteiger partial charge < -0.3 is 5.73 Å². The molecule has 5 nitrogen and oxygen atoms in total. The van der Waals surface area contributed by atoms with Crippen LogP contribution in [0.1, 0.15) is 12.6 Å². The van der Waals surface area contributed by atoms with E-state index >= 15 is 0 Å². The van der Waals surface area contributed by atoms with E-state index in [2.05, 4.69) is 91.5 Å². The first-order chi connectivity index (χ1) is 24.5. The first-order valence-corrected chi connectivity index (χ1v) is 16.6. The maximum atomic E-state index is 6.40. The molecule has 0 amide bonds. The number of para-hydroxylation sites is 2. The van der Waals surface area contributed by atoms with Crippen molar-refractivity contribution in [3.63, 3.8) is 0 Å². The van der Waals surface area contributed by atoms with Crippen LogP contribution in [-0.4, -0.2) is 9.97 Å². The molecular weight excluding hydrogens is 611 g/mol. The number of fused-ring (bicyclic) bond motifs is 1. The van der Waals surface area contributed by atoms with Crippen molar-refractivity contribution in [2.24, 2.45) is 5.84 Å². The molecule has 0 unspecified atom stereocenters. The van der Waals surface area contributed by atoms with E-state index in [-0.39, 0.29) is 0 Å². The first kappa shape index (κ1) is 32.0. The van der Waals surface area contributed by atoms with Gasteiger partial charge in [-0.25, -0.2) is 15.8 Å². The summed E-state index contributed by atoms with van der Waals surface area (Å²) in [6.45, 7) is 5.90. The molecule has 0 aliphatic carbocycles. The fraction of sp³-hybridized carbons (Fsp3) is 0.0222. The van der Waals surface area contributed by atoms with Crippen molar-refractivity contribution in [2.45, 2.75) is 6.92 Å². The highest BCUT2D eigenvalue weighted by molar-refractivity contribution is 5.91. The molecule has 0 spiro atoms. The fourth-order valence-corrected chi connectivity index (χ4v) is 6.09. The lowest BCUT2D eigenvalue weighted by atomic mass is 9.97. The minimum atomic E-state index is 0.633. The normalized spacial score (nSPS) is 11.6. The van der Waals surface area contributed by atoms with E-state index in [4.69, 9.17) is 21.5 Å². The molecule has 0 aliphatic heterocycles. The van der Waals surface area contributed by atoms with Crippen LogP contribution in [0.3, 0.4) is 0 Å². The van der Waals surface area contributed by atoms with Crippen LogP contribution >= 0.6 is 0 Å². The van der Waals surface area contributed by atoms with Gasteiger partial charge in [-0.3, -0.25) is 5.01 Å². The predicted molar refractivity (Wildman–Crippen MR) is 211 cm³/mol. The summed E-state index contributed by atoms with van der Waals surface area (Å²) in [5, 5.41) is 3.96. The van der Waals surface area contributed by atoms with Crippen LogP contribution in [-0.2, 0) is 0 Å². The van der Waals surface area contributed by atoms with Crippen molar-refractivity contribution >= 4 is 33.4 Å².